The molecule has 0 saturated carbocycles. The summed E-state index contributed by atoms with van der Waals surface area (Å²) in [5, 5.41) is 0. The fraction of sp³-hybridized carbons (Fsp3) is 0.333. The lowest BCUT2D eigenvalue weighted by Crippen LogP contribution is -2.08. The van der Waals surface area contributed by atoms with Crippen LogP contribution in [0.1, 0.15) is 33.7 Å². The highest BCUT2D eigenvalue weighted by molar-refractivity contribution is 5.96. The zero-order valence-electron chi connectivity index (χ0n) is 10.1. The van der Waals surface area contributed by atoms with Gasteiger partial charge in [0, 0.05) is 12.6 Å². The zero-order chi connectivity index (χ0) is 13.5. The number of Topliss-reactive ketones (excluding diaryl/α,β-unsaturated/α-hetero) is 1. The first-order chi connectivity index (χ1) is 8.58. The van der Waals surface area contributed by atoms with Gasteiger partial charge in [0.1, 0.15) is 5.69 Å². The largest absolute Gasteiger partial charge is 0.469 e. The van der Waals surface area contributed by atoms with Crippen LogP contribution < -0.4 is 0 Å². The fourth-order valence-corrected chi connectivity index (χ4v) is 1.24. The molecule has 0 fully saturated rings. The van der Waals surface area contributed by atoms with Crippen molar-refractivity contribution in [2.24, 2.45) is 0 Å². The second-order valence-electron chi connectivity index (χ2n) is 3.42. The van der Waals surface area contributed by atoms with Crippen molar-refractivity contribution in [2.45, 2.75) is 12.8 Å². The van der Waals surface area contributed by atoms with Gasteiger partial charge in [-0.05, 0) is 12.1 Å². The average molecular weight is 251 g/mol. The third kappa shape index (κ3) is 3.65. The summed E-state index contributed by atoms with van der Waals surface area (Å²) in [5.74, 6) is -1.25. The van der Waals surface area contributed by atoms with Crippen molar-refractivity contribution in [3.8, 4) is 0 Å². The normalized spacial score (nSPS) is 9.67. The highest BCUT2D eigenvalue weighted by Gasteiger charge is 2.12. The summed E-state index contributed by atoms with van der Waals surface area (Å²) >= 11 is 0. The monoisotopic (exact) mass is 251 g/mol. The van der Waals surface area contributed by atoms with Gasteiger partial charge in [0.15, 0.2) is 5.78 Å². The lowest BCUT2D eigenvalue weighted by Gasteiger charge is -2.01. The lowest BCUT2D eigenvalue weighted by molar-refractivity contribution is -0.140. The predicted molar refractivity (Wildman–Crippen MR) is 61.2 cm³/mol. The van der Waals surface area contributed by atoms with Crippen molar-refractivity contribution in [3.05, 3.63) is 29.6 Å². The van der Waals surface area contributed by atoms with Gasteiger partial charge < -0.3 is 9.47 Å². The lowest BCUT2D eigenvalue weighted by atomic mass is 10.1. The van der Waals surface area contributed by atoms with Gasteiger partial charge >= 0.3 is 11.9 Å². The maximum absolute atomic E-state index is 11.6. The minimum Gasteiger partial charge on any atom is -0.469 e. The Labute approximate surface area is 104 Å². The minimum atomic E-state index is -0.518. The number of hydrogen-bond donors (Lipinski definition) is 0. The number of nitrogens with zero attached hydrogens (tertiary/aromatic N) is 1. The molecule has 0 bridgehead atoms. The molecule has 0 N–H and O–H groups in total. The molecule has 0 aromatic carbocycles. The number of esters is 2. The molecule has 1 aromatic rings. The molecule has 0 unspecified atom stereocenters. The van der Waals surface area contributed by atoms with Gasteiger partial charge in [-0.1, -0.05) is 0 Å². The summed E-state index contributed by atoms with van der Waals surface area (Å²) < 4.78 is 8.93. The van der Waals surface area contributed by atoms with Crippen LogP contribution in [-0.2, 0) is 14.3 Å². The number of pyridine rings is 1. The first-order valence-electron chi connectivity index (χ1n) is 5.23. The summed E-state index contributed by atoms with van der Waals surface area (Å²) in [7, 11) is 2.52. The van der Waals surface area contributed by atoms with Crippen LogP contribution in [0.15, 0.2) is 18.3 Å². The molecular weight excluding hydrogens is 238 g/mol. The van der Waals surface area contributed by atoms with Gasteiger partial charge in [-0.25, -0.2) is 4.79 Å². The molecular formula is C12H13NO5. The van der Waals surface area contributed by atoms with Crippen LogP contribution in [0.2, 0.25) is 0 Å². The number of carbonyl (C=O) groups excluding carboxylic acids is 3. The van der Waals surface area contributed by atoms with E-state index in [4.69, 9.17) is 0 Å². The van der Waals surface area contributed by atoms with Gasteiger partial charge in [-0.3, -0.25) is 14.6 Å². The van der Waals surface area contributed by atoms with E-state index in [1.54, 1.807) is 0 Å². The van der Waals surface area contributed by atoms with Gasteiger partial charge in [0.25, 0.3) is 0 Å². The van der Waals surface area contributed by atoms with Crippen LogP contribution in [0.5, 0.6) is 0 Å². The summed E-state index contributed by atoms with van der Waals surface area (Å²) in [6.07, 6.45) is 1.30. The average Bonchev–Trinajstić information content (AvgIpc) is 2.43. The molecule has 1 aromatic heterocycles. The van der Waals surface area contributed by atoms with Crippen LogP contribution in [0.3, 0.4) is 0 Å². The van der Waals surface area contributed by atoms with Crippen LogP contribution in [0.4, 0.5) is 0 Å². The Morgan fingerprint density at radius 1 is 1.11 bits per heavy atom. The smallest absolute Gasteiger partial charge is 0.339 e. The fourth-order valence-electron chi connectivity index (χ4n) is 1.24. The van der Waals surface area contributed by atoms with E-state index >= 15 is 0 Å². The van der Waals surface area contributed by atoms with Crippen molar-refractivity contribution in [3.63, 3.8) is 0 Å². The highest BCUT2D eigenvalue weighted by atomic mass is 16.5. The molecule has 1 rings (SSSR count). The van der Waals surface area contributed by atoms with Gasteiger partial charge in [-0.2, -0.15) is 0 Å². The molecule has 6 nitrogen and oxygen atoms in total. The summed E-state index contributed by atoms with van der Waals surface area (Å²) in [6, 6.07) is 2.87. The van der Waals surface area contributed by atoms with Crippen molar-refractivity contribution >= 4 is 17.7 Å². The van der Waals surface area contributed by atoms with E-state index in [0.29, 0.717) is 0 Å². The molecule has 18 heavy (non-hydrogen) atoms. The Hall–Kier alpha value is -2.24. The van der Waals surface area contributed by atoms with Crippen molar-refractivity contribution in [2.75, 3.05) is 14.2 Å². The first kappa shape index (κ1) is 13.8. The molecule has 0 radical (unpaired) electrons. The van der Waals surface area contributed by atoms with Crippen molar-refractivity contribution in [1.82, 2.24) is 4.98 Å². The van der Waals surface area contributed by atoms with E-state index in [-0.39, 0.29) is 29.9 Å². The number of carbonyl (C=O) groups is 3. The SMILES string of the molecule is COC(=O)CCC(=O)c1ccc(C(=O)OC)cn1. The predicted octanol–water partition coefficient (Wildman–Crippen LogP) is 1.00. The van der Waals surface area contributed by atoms with Crippen LogP contribution in [0.25, 0.3) is 0 Å². The number of rotatable bonds is 5. The number of ether oxygens (including phenoxy) is 2. The van der Waals surface area contributed by atoms with E-state index in [0.717, 1.165) is 0 Å². The Balaban J connectivity index is 2.64. The van der Waals surface area contributed by atoms with E-state index in [9.17, 15) is 14.4 Å². The second-order valence-corrected chi connectivity index (χ2v) is 3.42. The molecule has 6 heteroatoms. The Bertz CT molecular complexity index is 452. The van der Waals surface area contributed by atoms with Crippen molar-refractivity contribution in [1.29, 1.82) is 0 Å². The Morgan fingerprint density at radius 3 is 2.33 bits per heavy atom. The summed E-state index contributed by atoms with van der Waals surface area (Å²) in [4.78, 5) is 37.5. The van der Waals surface area contributed by atoms with E-state index in [1.807, 2.05) is 0 Å². The van der Waals surface area contributed by atoms with Crippen LogP contribution >= 0.6 is 0 Å². The third-order valence-electron chi connectivity index (χ3n) is 2.25. The highest BCUT2D eigenvalue weighted by Crippen LogP contribution is 2.06. The molecule has 96 valence electrons. The number of ketones is 1. The van der Waals surface area contributed by atoms with Crippen molar-refractivity contribution < 1.29 is 23.9 Å². The van der Waals surface area contributed by atoms with E-state index in [2.05, 4.69) is 14.5 Å². The standard InChI is InChI=1S/C12H13NO5/c1-17-11(15)6-5-10(14)9-4-3-8(7-13-9)12(16)18-2/h3-4,7H,5-6H2,1-2H3. The molecule has 0 saturated heterocycles. The van der Waals surface area contributed by atoms with Gasteiger partial charge in [-0.15, -0.1) is 0 Å². The maximum Gasteiger partial charge on any atom is 0.339 e. The Kier molecular flexibility index (Phi) is 4.98. The number of hydrogen-bond acceptors (Lipinski definition) is 6. The van der Waals surface area contributed by atoms with Crippen LogP contribution in [0, 0.1) is 0 Å². The minimum absolute atomic E-state index is 0.00969. The quantitative estimate of drug-likeness (QED) is 0.573. The van der Waals surface area contributed by atoms with E-state index < -0.39 is 11.9 Å². The molecule has 0 spiro atoms. The number of aromatic nitrogens is 1. The van der Waals surface area contributed by atoms with Crippen LogP contribution in [-0.4, -0.2) is 36.9 Å². The topological polar surface area (TPSA) is 82.6 Å². The zero-order valence-corrected chi connectivity index (χ0v) is 10.1. The van der Waals surface area contributed by atoms with Gasteiger partial charge in [0.05, 0.1) is 26.2 Å². The second kappa shape index (κ2) is 6.48. The van der Waals surface area contributed by atoms with Gasteiger partial charge in [0.2, 0.25) is 0 Å². The molecule has 0 amide bonds. The molecule has 0 aliphatic rings. The Morgan fingerprint density at radius 2 is 1.83 bits per heavy atom. The molecule has 0 atom stereocenters. The third-order valence-corrected chi connectivity index (χ3v) is 2.25. The molecule has 0 aliphatic heterocycles. The first-order valence-corrected chi connectivity index (χ1v) is 5.23. The summed E-state index contributed by atoms with van der Waals surface area (Å²) in [5.41, 5.74) is 0.466. The maximum atomic E-state index is 11.6. The summed E-state index contributed by atoms with van der Waals surface area (Å²) in [6.45, 7) is 0. The molecule has 0 aliphatic carbocycles. The molecule has 1 heterocycles. The number of methoxy groups -OCH3 is 2. The van der Waals surface area contributed by atoms with E-state index in [1.165, 1.54) is 32.5 Å².